The number of hydrogen-bond acceptors (Lipinski definition) is 5. The summed E-state index contributed by atoms with van der Waals surface area (Å²) >= 11 is 5.82. The van der Waals surface area contributed by atoms with Gasteiger partial charge in [-0.25, -0.2) is 4.39 Å². The minimum Gasteiger partial charge on any atom is -0.395 e. The molecule has 3 aromatic rings. The van der Waals surface area contributed by atoms with E-state index in [2.05, 4.69) is 15.6 Å². The number of aromatic amines is 1. The number of benzene rings is 2. The van der Waals surface area contributed by atoms with Crippen LogP contribution in [0.15, 0.2) is 42.5 Å². The van der Waals surface area contributed by atoms with E-state index in [-0.39, 0.29) is 43.6 Å². The third-order valence-corrected chi connectivity index (χ3v) is 5.82. The average molecular weight is 489 g/mol. The Labute approximate surface area is 198 Å². The summed E-state index contributed by atoms with van der Waals surface area (Å²) in [6, 6.07) is 10.4. The standard InChI is InChI=1S/C23H22ClFN4O5/c24-15-7-13(8-16(25)11-15)12-27-21(32)23(34)3-5-29(22(23)33)17-1-2-18-14(9-17)10-19(28-18)20(31)26-4-6-30/h1-2,7-11,28,30,34H,3-6,12H2,(H,26,31)(H,27,32)/t23-/m0/s1. The van der Waals surface area contributed by atoms with Crippen molar-refractivity contribution in [2.24, 2.45) is 0 Å². The molecule has 1 aliphatic rings. The number of carbonyl (C=O) groups excluding carboxylic acids is 3. The van der Waals surface area contributed by atoms with Gasteiger partial charge in [-0.05, 0) is 48.0 Å². The molecule has 4 rings (SSSR count). The first-order chi connectivity index (χ1) is 16.2. The molecule has 0 bridgehead atoms. The van der Waals surface area contributed by atoms with E-state index in [0.29, 0.717) is 27.8 Å². The van der Waals surface area contributed by atoms with Gasteiger partial charge in [0, 0.05) is 47.7 Å². The number of fused-ring (bicyclic) bond motifs is 1. The Balaban J connectivity index is 1.48. The Hall–Kier alpha value is -3.47. The fourth-order valence-electron chi connectivity index (χ4n) is 3.88. The maximum atomic E-state index is 13.5. The van der Waals surface area contributed by atoms with Crippen molar-refractivity contribution in [3.05, 3.63) is 64.6 Å². The molecule has 0 spiro atoms. The second-order valence-electron chi connectivity index (χ2n) is 7.96. The SMILES string of the molecule is O=C(NCCO)c1cc2cc(N3CC[C@](O)(C(=O)NCc4cc(F)cc(Cl)c4)C3=O)ccc2[nH]1. The summed E-state index contributed by atoms with van der Waals surface area (Å²) in [5.74, 6) is -2.61. The highest BCUT2D eigenvalue weighted by molar-refractivity contribution is 6.30. The summed E-state index contributed by atoms with van der Waals surface area (Å²) < 4.78 is 13.5. The first kappa shape index (κ1) is 23.7. The summed E-state index contributed by atoms with van der Waals surface area (Å²) in [5.41, 5.74) is -0.465. The maximum Gasteiger partial charge on any atom is 0.268 e. The lowest BCUT2D eigenvalue weighted by molar-refractivity contribution is -0.149. The summed E-state index contributed by atoms with van der Waals surface area (Å²) in [4.78, 5) is 42.0. The van der Waals surface area contributed by atoms with Crippen LogP contribution in [-0.2, 0) is 16.1 Å². The van der Waals surface area contributed by atoms with Crippen LogP contribution in [0.2, 0.25) is 5.02 Å². The number of amides is 3. The zero-order chi connectivity index (χ0) is 24.5. The smallest absolute Gasteiger partial charge is 0.268 e. The van der Waals surface area contributed by atoms with E-state index in [0.717, 1.165) is 6.07 Å². The van der Waals surface area contributed by atoms with E-state index >= 15 is 0 Å². The molecule has 34 heavy (non-hydrogen) atoms. The van der Waals surface area contributed by atoms with Gasteiger partial charge in [-0.1, -0.05) is 11.6 Å². The third-order valence-electron chi connectivity index (χ3n) is 5.61. The summed E-state index contributed by atoms with van der Waals surface area (Å²) in [6.07, 6.45) is -0.123. The van der Waals surface area contributed by atoms with Crippen LogP contribution in [0.4, 0.5) is 10.1 Å². The number of rotatable bonds is 7. The molecule has 1 saturated heterocycles. The molecule has 2 aromatic carbocycles. The van der Waals surface area contributed by atoms with E-state index < -0.39 is 23.2 Å². The molecule has 1 aliphatic heterocycles. The molecule has 11 heteroatoms. The van der Waals surface area contributed by atoms with Crippen molar-refractivity contribution in [2.75, 3.05) is 24.6 Å². The predicted molar refractivity (Wildman–Crippen MR) is 123 cm³/mol. The molecule has 9 nitrogen and oxygen atoms in total. The van der Waals surface area contributed by atoms with Crippen LogP contribution in [0.3, 0.4) is 0 Å². The molecule has 0 aliphatic carbocycles. The van der Waals surface area contributed by atoms with Crippen LogP contribution < -0.4 is 15.5 Å². The first-order valence-electron chi connectivity index (χ1n) is 10.5. The fourth-order valence-corrected chi connectivity index (χ4v) is 4.12. The molecule has 1 aromatic heterocycles. The van der Waals surface area contributed by atoms with Crippen molar-refractivity contribution in [1.29, 1.82) is 0 Å². The summed E-state index contributed by atoms with van der Waals surface area (Å²) in [7, 11) is 0. The lowest BCUT2D eigenvalue weighted by Gasteiger charge is -2.22. The van der Waals surface area contributed by atoms with Crippen LogP contribution in [0.25, 0.3) is 10.9 Å². The van der Waals surface area contributed by atoms with E-state index in [9.17, 15) is 23.9 Å². The van der Waals surface area contributed by atoms with Crippen molar-refractivity contribution < 1.29 is 29.0 Å². The Morgan fingerprint density at radius 2 is 1.97 bits per heavy atom. The molecule has 1 atom stereocenters. The van der Waals surface area contributed by atoms with Gasteiger partial charge >= 0.3 is 0 Å². The lowest BCUT2D eigenvalue weighted by Crippen LogP contribution is -2.52. The van der Waals surface area contributed by atoms with Gasteiger partial charge in [0.2, 0.25) is 5.60 Å². The number of aromatic nitrogens is 1. The van der Waals surface area contributed by atoms with Gasteiger partial charge in [0.05, 0.1) is 6.61 Å². The first-order valence-corrected chi connectivity index (χ1v) is 10.9. The molecule has 0 radical (unpaired) electrons. The van der Waals surface area contributed by atoms with Gasteiger partial charge in [0.15, 0.2) is 0 Å². The maximum absolute atomic E-state index is 13.5. The van der Waals surface area contributed by atoms with Gasteiger partial charge in [-0.2, -0.15) is 0 Å². The Kier molecular flexibility index (Phi) is 6.56. The van der Waals surface area contributed by atoms with E-state index in [1.54, 1.807) is 24.3 Å². The second-order valence-corrected chi connectivity index (χ2v) is 8.40. The Morgan fingerprint density at radius 1 is 1.18 bits per heavy atom. The molecule has 0 saturated carbocycles. The minimum absolute atomic E-state index is 0.105. The van der Waals surface area contributed by atoms with Crippen LogP contribution in [0.5, 0.6) is 0 Å². The normalized spacial score (nSPS) is 17.9. The largest absolute Gasteiger partial charge is 0.395 e. The number of carbonyl (C=O) groups is 3. The summed E-state index contributed by atoms with van der Waals surface area (Å²) in [6.45, 7) is -0.0645. The van der Waals surface area contributed by atoms with Crippen molar-refractivity contribution in [1.82, 2.24) is 15.6 Å². The van der Waals surface area contributed by atoms with E-state index in [1.807, 2.05) is 0 Å². The summed E-state index contributed by atoms with van der Waals surface area (Å²) in [5, 5.41) is 25.5. The van der Waals surface area contributed by atoms with E-state index in [1.165, 1.54) is 17.0 Å². The van der Waals surface area contributed by atoms with E-state index in [4.69, 9.17) is 16.7 Å². The van der Waals surface area contributed by atoms with Gasteiger partial charge in [0.25, 0.3) is 17.7 Å². The molecule has 178 valence electrons. The lowest BCUT2D eigenvalue weighted by atomic mass is 10.0. The third kappa shape index (κ3) is 4.60. The van der Waals surface area contributed by atoms with Crippen LogP contribution in [0, 0.1) is 5.82 Å². The average Bonchev–Trinajstić information content (AvgIpc) is 3.36. The number of H-pyrrole nitrogens is 1. The number of aliphatic hydroxyl groups excluding tert-OH is 1. The quantitative estimate of drug-likeness (QED) is 0.321. The number of halogens is 2. The molecule has 3 amide bonds. The van der Waals surface area contributed by atoms with Gasteiger partial charge in [-0.3, -0.25) is 14.4 Å². The van der Waals surface area contributed by atoms with Crippen molar-refractivity contribution in [2.45, 2.75) is 18.6 Å². The fraction of sp³-hybridized carbons (Fsp3) is 0.261. The number of aliphatic hydroxyl groups is 2. The number of nitrogens with one attached hydrogen (secondary N) is 3. The zero-order valence-electron chi connectivity index (χ0n) is 17.9. The van der Waals surface area contributed by atoms with Gasteiger partial charge < -0.3 is 30.7 Å². The van der Waals surface area contributed by atoms with Crippen molar-refractivity contribution in [3.63, 3.8) is 0 Å². The molecule has 2 heterocycles. The number of hydrogen-bond donors (Lipinski definition) is 5. The molecule has 0 unspecified atom stereocenters. The van der Waals surface area contributed by atoms with Crippen molar-refractivity contribution in [3.8, 4) is 0 Å². The number of anilines is 1. The highest BCUT2D eigenvalue weighted by Crippen LogP contribution is 2.31. The highest BCUT2D eigenvalue weighted by Gasteiger charge is 2.51. The minimum atomic E-state index is -2.26. The van der Waals surface area contributed by atoms with Crippen LogP contribution >= 0.6 is 11.6 Å². The highest BCUT2D eigenvalue weighted by atomic mass is 35.5. The zero-order valence-corrected chi connectivity index (χ0v) is 18.7. The number of nitrogens with zero attached hydrogens (tertiary/aromatic N) is 1. The molecule has 1 fully saturated rings. The second kappa shape index (κ2) is 9.41. The van der Waals surface area contributed by atoms with Crippen LogP contribution in [0.1, 0.15) is 22.5 Å². The van der Waals surface area contributed by atoms with Gasteiger partial charge in [0.1, 0.15) is 11.5 Å². The van der Waals surface area contributed by atoms with Crippen LogP contribution in [-0.4, -0.2) is 58.2 Å². The molecular formula is C23H22ClFN4O5. The molecular weight excluding hydrogens is 467 g/mol. The Morgan fingerprint density at radius 3 is 2.71 bits per heavy atom. The van der Waals surface area contributed by atoms with Gasteiger partial charge in [-0.15, -0.1) is 0 Å². The topological polar surface area (TPSA) is 135 Å². The molecule has 5 N–H and O–H groups in total. The monoisotopic (exact) mass is 488 g/mol. The Bertz CT molecular complexity index is 1260. The van der Waals surface area contributed by atoms with Crippen molar-refractivity contribution >= 4 is 45.9 Å². The predicted octanol–water partition coefficient (Wildman–Crippen LogP) is 1.47.